The van der Waals surface area contributed by atoms with E-state index in [0.29, 0.717) is 0 Å². The van der Waals surface area contributed by atoms with E-state index in [4.69, 9.17) is 8.83 Å². The highest BCUT2D eigenvalue weighted by Crippen LogP contribution is 2.45. The molecule has 4 nitrogen and oxygen atoms in total. The molecule has 0 saturated heterocycles. The van der Waals surface area contributed by atoms with Gasteiger partial charge in [0.25, 0.3) is 0 Å². The molecule has 70 heavy (non-hydrogen) atoms. The number of hydrogen-bond donors (Lipinski definition) is 0. The highest BCUT2D eigenvalue weighted by Gasteiger charge is 2.22. The Bertz CT molecular complexity index is 3940. The molecule has 2 heterocycles. The van der Waals surface area contributed by atoms with Gasteiger partial charge in [0.1, 0.15) is 11.2 Å². The maximum absolute atomic E-state index is 6.54. The molecule has 0 fully saturated rings. The molecule has 0 spiro atoms. The zero-order chi connectivity index (χ0) is 46.4. The number of para-hydroxylation sites is 6. The molecule has 332 valence electrons. The van der Waals surface area contributed by atoms with E-state index in [1.165, 1.54) is 39.0 Å². The third-order valence-corrected chi connectivity index (χ3v) is 13.8. The first-order valence-electron chi connectivity index (χ1n) is 24.0. The number of rotatable bonds is 10. The zero-order valence-electron chi connectivity index (χ0n) is 38.4. The van der Waals surface area contributed by atoms with E-state index in [0.717, 1.165) is 96.4 Å². The van der Waals surface area contributed by atoms with Gasteiger partial charge in [-0.15, -0.1) is 0 Å². The van der Waals surface area contributed by atoms with Crippen LogP contribution in [0.15, 0.2) is 264 Å². The molecule has 2 aromatic heterocycles. The largest absolute Gasteiger partial charge is 0.454 e. The number of benzene rings is 10. The van der Waals surface area contributed by atoms with Crippen LogP contribution in [0.25, 0.3) is 77.3 Å². The minimum absolute atomic E-state index is 0.872. The second-order valence-electron chi connectivity index (χ2n) is 17.9. The summed E-state index contributed by atoms with van der Waals surface area (Å²) in [6.07, 6.45) is 6.61. The smallest absolute Gasteiger partial charge is 0.159 e. The van der Waals surface area contributed by atoms with Gasteiger partial charge >= 0.3 is 0 Å². The van der Waals surface area contributed by atoms with Crippen LogP contribution in [0, 0.1) is 0 Å². The summed E-state index contributed by atoms with van der Waals surface area (Å²) in [5, 5.41) is 4.45. The molecule has 13 rings (SSSR count). The number of nitrogens with zero attached hydrogens (tertiary/aromatic N) is 2. The van der Waals surface area contributed by atoms with Crippen molar-refractivity contribution < 1.29 is 8.83 Å². The Labute approximate surface area is 406 Å². The molecule has 1 aliphatic rings. The van der Waals surface area contributed by atoms with E-state index in [1.807, 2.05) is 24.3 Å². The molecule has 12 aromatic rings. The Morgan fingerprint density at radius 1 is 0.314 bits per heavy atom. The lowest BCUT2D eigenvalue weighted by atomic mass is 9.86. The minimum atomic E-state index is 0.872. The maximum atomic E-state index is 6.54. The average molecular weight is 899 g/mol. The summed E-state index contributed by atoms with van der Waals surface area (Å²) in [5.74, 6) is 0. The molecule has 0 bridgehead atoms. The Hall–Kier alpha value is -9.12. The van der Waals surface area contributed by atoms with Crippen LogP contribution in [0.5, 0.6) is 0 Å². The average Bonchev–Trinajstić information content (AvgIpc) is 4.02. The first kappa shape index (κ1) is 41.1. The standard InChI is InChI=1S/C66H46N2O2/c1-3-21-51(22-4-1)67(61-31-15-29-59-57-27-9-11-33-63(57)69-65(59)61)53-39-35-45(36-40-53)47-17-13-19-49(43-47)55-25-7-8-26-56(55)50-20-14-18-48(44-50)46-37-41-54(42-38-46)68(52-23-5-2-6-24-52)62-32-16-30-60-58-28-10-12-34-64(58)70-66(60)62/h1-7,9-25,27-44H,8,26H2. The van der Waals surface area contributed by atoms with Crippen LogP contribution < -0.4 is 9.80 Å². The van der Waals surface area contributed by atoms with Gasteiger partial charge in [-0.1, -0.05) is 170 Å². The number of anilines is 6. The highest BCUT2D eigenvalue weighted by molar-refractivity contribution is 6.11. The van der Waals surface area contributed by atoms with Gasteiger partial charge in [-0.25, -0.2) is 0 Å². The van der Waals surface area contributed by atoms with E-state index in [2.05, 4.69) is 240 Å². The summed E-state index contributed by atoms with van der Waals surface area (Å²) < 4.78 is 13.1. The van der Waals surface area contributed by atoms with Crippen LogP contribution in [0.3, 0.4) is 0 Å². The first-order valence-corrected chi connectivity index (χ1v) is 24.0. The summed E-state index contributed by atoms with van der Waals surface area (Å²) >= 11 is 0. The van der Waals surface area contributed by atoms with Gasteiger partial charge in [0.15, 0.2) is 11.2 Å². The van der Waals surface area contributed by atoms with E-state index < -0.39 is 0 Å². The lowest BCUT2D eigenvalue weighted by Gasteiger charge is -2.25. The number of hydrogen-bond acceptors (Lipinski definition) is 4. The lowest BCUT2D eigenvalue weighted by Crippen LogP contribution is -2.10. The van der Waals surface area contributed by atoms with Gasteiger partial charge in [0, 0.05) is 44.3 Å². The van der Waals surface area contributed by atoms with Crippen molar-refractivity contribution in [3.63, 3.8) is 0 Å². The summed E-state index contributed by atoms with van der Waals surface area (Å²) in [6.45, 7) is 0. The number of furan rings is 2. The quantitative estimate of drug-likeness (QED) is 0.137. The SMILES string of the molecule is C1=CC(c2cccc(-c3ccc(N(c4ccccc4)c4cccc5c4oc4ccccc45)cc3)c2)=C(c2cccc(-c3ccc(N(c4ccccc4)c4cccc5c4oc4ccccc45)cc3)c2)CC1. The fraction of sp³-hybridized carbons (Fsp3) is 0.0303. The van der Waals surface area contributed by atoms with Crippen molar-refractivity contribution in [3.05, 3.63) is 266 Å². The topological polar surface area (TPSA) is 32.8 Å². The van der Waals surface area contributed by atoms with Gasteiger partial charge < -0.3 is 18.6 Å². The van der Waals surface area contributed by atoms with Crippen molar-refractivity contribution in [3.8, 4) is 22.3 Å². The molecule has 0 unspecified atom stereocenters. The van der Waals surface area contributed by atoms with Crippen molar-refractivity contribution in [2.75, 3.05) is 9.80 Å². The second-order valence-corrected chi connectivity index (χ2v) is 17.9. The molecule has 0 N–H and O–H groups in total. The summed E-state index contributed by atoms with van der Waals surface area (Å²) in [5.41, 5.74) is 19.6. The molecule has 0 amide bonds. The summed E-state index contributed by atoms with van der Waals surface area (Å²) in [7, 11) is 0. The molecule has 0 radical (unpaired) electrons. The maximum Gasteiger partial charge on any atom is 0.159 e. The van der Waals surface area contributed by atoms with E-state index in [1.54, 1.807) is 0 Å². The van der Waals surface area contributed by atoms with Gasteiger partial charge in [0.05, 0.1) is 11.4 Å². The van der Waals surface area contributed by atoms with Crippen LogP contribution in [0.1, 0.15) is 24.0 Å². The number of allylic oxidation sites excluding steroid dienone is 4. The first-order chi connectivity index (χ1) is 34.7. The molecular formula is C66H46N2O2. The molecule has 0 saturated carbocycles. The molecule has 1 aliphatic carbocycles. The minimum Gasteiger partial charge on any atom is -0.454 e. The van der Waals surface area contributed by atoms with Crippen LogP contribution in [-0.4, -0.2) is 0 Å². The Morgan fingerprint density at radius 3 is 1.26 bits per heavy atom. The van der Waals surface area contributed by atoms with Gasteiger partial charge in [-0.3, -0.25) is 0 Å². The molecular weight excluding hydrogens is 853 g/mol. The van der Waals surface area contributed by atoms with Crippen LogP contribution in [0.2, 0.25) is 0 Å². The predicted octanol–water partition coefficient (Wildman–Crippen LogP) is 19.0. The predicted molar refractivity (Wildman–Crippen MR) is 293 cm³/mol. The monoisotopic (exact) mass is 898 g/mol. The van der Waals surface area contributed by atoms with Crippen molar-refractivity contribution in [1.29, 1.82) is 0 Å². The molecule has 0 atom stereocenters. The fourth-order valence-electron chi connectivity index (χ4n) is 10.4. The Kier molecular flexibility index (Phi) is 10.3. The van der Waals surface area contributed by atoms with E-state index in [9.17, 15) is 0 Å². The van der Waals surface area contributed by atoms with Crippen molar-refractivity contribution in [1.82, 2.24) is 0 Å². The van der Waals surface area contributed by atoms with Gasteiger partial charge in [0.2, 0.25) is 0 Å². The van der Waals surface area contributed by atoms with Crippen LogP contribution in [-0.2, 0) is 0 Å². The summed E-state index contributed by atoms with van der Waals surface area (Å²) in [4.78, 5) is 4.59. The zero-order valence-corrected chi connectivity index (χ0v) is 38.4. The lowest BCUT2D eigenvalue weighted by molar-refractivity contribution is 0.668. The van der Waals surface area contributed by atoms with Gasteiger partial charge in [-0.05, 0) is 142 Å². The normalized spacial score (nSPS) is 12.6. The molecule has 0 aliphatic heterocycles. The van der Waals surface area contributed by atoms with E-state index >= 15 is 0 Å². The highest BCUT2D eigenvalue weighted by atomic mass is 16.3. The third-order valence-electron chi connectivity index (χ3n) is 13.8. The van der Waals surface area contributed by atoms with Crippen LogP contribution in [0.4, 0.5) is 34.1 Å². The fourth-order valence-corrected chi connectivity index (χ4v) is 10.4. The van der Waals surface area contributed by atoms with Crippen molar-refractivity contribution >= 4 is 89.1 Å². The summed E-state index contributed by atoms with van der Waals surface area (Å²) in [6, 6.07) is 86.4. The van der Waals surface area contributed by atoms with Gasteiger partial charge in [-0.2, -0.15) is 0 Å². The Balaban J connectivity index is 0.815. The van der Waals surface area contributed by atoms with Crippen LogP contribution >= 0.6 is 0 Å². The molecule has 10 aromatic carbocycles. The Morgan fingerprint density at radius 2 is 0.729 bits per heavy atom. The second kappa shape index (κ2) is 17.5. The van der Waals surface area contributed by atoms with E-state index in [-0.39, 0.29) is 0 Å². The third kappa shape index (κ3) is 7.34. The molecule has 4 heteroatoms. The van der Waals surface area contributed by atoms with Crippen molar-refractivity contribution in [2.24, 2.45) is 0 Å². The van der Waals surface area contributed by atoms with Crippen molar-refractivity contribution in [2.45, 2.75) is 12.8 Å². The number of fused-ring (bicyclic) bond motifs is 6.